The third-order valence-electron chi connectivity index (χ3n) is 5.09. The predicted octanol–water partition coefficient (Wildman–Crippen LogP) is 1.49. The van der Waals surface area contributed by atoms with Crippen molar-refractivity contribution in [2.75, 3.05) is 18.5 Å². The predicted molar refractivity (Wildman–Crippen MR) is 83.0 cm³/mol. The van der Waals surface area contributed by atoms with Crippen molar-refractivity contribution in [1.82, 2.24) is 5.32 Å². The number of hydrogen-bond acceptors (Lipinski definition) is 4. The van der Waals surface area contributed by atoms with Gasteiger partial charge in [-0.2, -0.15) is 5.26 Å². The van der Waals surface area contributed by atoms with Crippen LogP contribution in [0.2, 0.25) is 0 Å². The molecule has 116 valence electrons. The Morgan fingerprint density at radius 2 is 2.00 bits per heavy atom. The zero-order chi connectivity index (χ0) is 15.5. The second-order valence-electron chi connectivity index (χ2n) is 6.32. The molecular formula is C17H21N3O2. The van der Waals surface area contributed by atoms with Gasteiger partial charge in [-0.1, -0.05) is 0 Å². The number of nitrogens with one attached hydrogen (secondary N) is 2. The minimum Gasteiger partial charge on any atom is -0.396 e. The lowest BCUT2D eigenvalue weighted by molar-refractivity contribution is -0.120. The van der Waals surface area contributed by atoms with Gasteiger partial charge >= 0.3 is 0 Å². The Morgan fingerprint density at radius 1 is 1.27 bits per heavy atom. The zero-order valence-electron chi connectivity index (χ0n) is 12.5. The van der Waals surface area contributed by atoms with Gasteiger partial charge in [0.25, 0.3) is 0 Å². The van der Waals surface area contributed by atoms with Crippen LogP contribution >= 0.6 is 0 Å². The molecule has 2 aliphatic carbocycles. The maximum absolute atomic E-state index is 12.1. The van der Waals surface area contributed by atoms with Crippen LogP contribution in [0.15, 0.2) is 24.3 Å². The Labute approximate surface area is 130 Å². The summed E-state index contributed by atoms with van der Waals surface area (Å²) in [6.45, 7) is 0.368. The lowest BCUT2D eigenvalue weighted by Crippen LogP contribution is -2.47. The standard InChI is InChI=1S/C17H21N3O2/c18-8-11-1-5-14(6-2-11)19-9-16(22)20-17-13-4-3-12(7-13)15(17)10-21/h1-2,5-6,12-13,15,17,19,21H,3-4,7,9-10H2,(H,20,22). The number of aliphatic hydroxyl groups is 1. The third kappa shape index (κ3) is 2.93. The minimum absolute atomic E-state index is 0.0413. The average Bonchev–Trinajstić information content (AvgIpc) is 3.14. The first kappa shape index (κ1) is 14.9. The van der Waals surface area contributed by atoms with Crippen LogP contribution in [0.5, 0.6) is 0 Å². The number of carbonyl (C=O) groups is 1. The first-order valence-electron chi connectivity index (χ1n) is 7.85. The van der Waals surface area contributed by atoms with E-state index in [1.54, 1.807) is 24.3 Å². The Morgan fingerprint density at radius 3 is 2.68 bits per heavy atom. The first-order valence-corrected chi connectivity index (χ1v) is 7.85. The van der Waals surface area contributed by atoms with E-state index >= 15 is 0 Å². The number of anilines is 1. The summed E-state index contributed by atoms with van der Waals surface area (Å²) in [5.41, 5.74) is 1.42. The Hall–Kier alpha value is -2.06. The van der Waals surface area contributed by atoms with Crippen LogP contribution in [0.1, 0.15) is 24.8 Å². The van der Waals surface area contributed by atoms with Crippen LogP contribution < -0.4 is 10.6 Å². The van der Waals surface area contributed by atoms with E-state index in [1.165, 1.54) is 6.42 Å². The number of benzene rings is 1. The van der Waals surface area contributed by atoms with Gasteiger partial charge in [0.15, 0.2) is 0 Å². The number of nitriles is 1. The highest BCUT2D eigenvalue weighted by molar-refractivity contribution is 5.81. The van der Waals surface area contributed by atoms with E-state index in [0.29, 0.717) is 17.4 Å². The second kappa shape index (κ2) is 6.37. The molecule has 1 amide bonds. The minimum atomic E-state index is -0.0413. The summed E-state index contributed by atoms with van der Waals surface area (Å²) in [5, 5.41) is 24.4. The number of amides is 1. The lowest BCUT2D eigenvalue weighted by Gasteiger charge is -2.30. The van der Waals surface area contributed by atoms with Gasteiger partial charge in [-0.05, 0) is 55.4 Å². The van der Waals surface area contributed by atoms with Gasteiger partial charge in [0.05, 0.1) is 18.2 Å². The summed E-state index contributed by atoms with van der Waals surface area (Å²) in [6.07, 6.45) is 3.49. The van der Waals surface area contributed by atoms with Crippen LogP contribution in [0.3, 0.4) is 0 Å². The molecule has 2 saturated carbocycles. The van der Waals surface area contributed by atoms with Gasteiger partial charge in [0.1, 0.15) is 0 Å². The van der Waals surface area contributed by atoms with Crippen LogP contribution in [-0.4, -0.2) is 30.2 Å². The van der Waals surface area contributed by atoms with Crippen LogP contribution in [0, 0.1) is 29.1 Å². The quantitative estimate of drug-likeness (QED) is 0.769. The maximum atomic E-state index is 12.1. The molecule has 0 radical (unpaired) electrons. The highest BCUT2D eigenvalue weighted by Crippen LogP contribution is 2.48. The fourth-order valence-corrected chi connectivity index (χ4v) is 3.98. The van der Waals surface area contributed by atoms with Crippen molar-refractivity contribution in [3.8, 4) is 6.07 Å². The van der Waals surface area contributed by atoms with Gasteiger partial charge in [-0.25, -0.2) is 0 Å². The van der Waals surface area contributed by atoms with Crippen LogP contribution in [0.4, 0.5) is 5.69 Å². The van der Waals surface area contributed by atoms with Crippen LogP contribution in [0.25, 0.3) is 0 Å². The molecule has 5 heteroatoms. The van der Waals surface area contributed by atoms with Crippen molar-refractivity contribution in [2.24, 2.45) is 17.8 Å². The second-order valence-corrected chi connectivity index (χ2v) is 6.32. The Balaban J connectivity index is 1.51. The van der Waals surface area contributed by atoms with E-state index in [4.69, 9.17) is 5.26 Å². The van der Waals surface area contributed by atoms with E-state index in [0.717, 1.165) is 18.5 Å². The van der Waals surface area contributed by atoms with Gasteiger partial charge in [0, 0.05) is 24.3 Å². The van der Waals surface area contributed by atoms with E-state index in [1.807, 2.05) is 0 Å². The molecule has 0 aliphatic heterocycles. The van der Waals surface area contributed by atoms with Gasteiger partial charge in [-0.15, -0.1) is 0 Å². The Kier molecular flexibility index (Phi) is 4.30. The molecule has 1 aromatic rings. The SMILES string of the molecule is N#Cc1ccc(NCC(=O)NC2C3CCC(C3)C2CO)cc1. The number of carbonyl (C=O) groups excluding carboxylic acids is 1. The smallest absolute Gasteiger partial charge is 0.239 e. The molecule has 2 aliphatic rings. The first-order chi connectivity index (χ1) is 10.7. The van der Waals surface area contributed by atoms with Crippen molar-refractivity contribution in [3.63, 3.8) is 0 Å². The number of nitrogens with zero attached hydrogens (tertiary/aromatic N) is 1. The number of hydrogen-bond donors (Lipinski definition) is 3. The molecule has 1 aromatic carbocycles. The summed E-state index contributed by atoms with van der Waals surface area (Å²) in [7, 11) is 0. The van der Waals surface area contributed by atoms with Gasteiger partial charge < -0.3 is 15.7 Å². The van der Waals surface area contributed by atoms with E-state index in [2.05, 4.69) is 16.7 Å². The number of aliphatic hydroxyl groups excluding tert-OH is 1. The molecule has 5 nitrogen and oxygen atoms in total. The van der Waals surface area contributed by atoms with Gasteiger partial charge in [-0.3, -0.25) is 4.79 Å². The molecule has 3 N–H and O–H groups in total. The summed E-state index contributed by atoms with van der Waals surface area (Å²) in [6, 6.07) is 9.21. The maximum Gasteiger partial charge on any atom is 0.239 e. The van der Waals surface area contributed by atoms with Crippen molar-refractivity contribution >= 4 is 11.6 Å². The molecule has 2 fully saturated rings. The summed E-state index contributed by atoms with van der Waals surface area (Å²) in [5.74, 6) is 1.28. The molecule has 4 atom stereocenters. The fraction of sp³-hybridized carbons (Fsp3) is 0.529. The molecule has 3 rings (SSSR count). The molecule has 4 unspecified atom stereocenters. The normalized spacial score (nSPS) is 29.1. The fourth-order valence-electron chi connectivity index (χ4n) is 3.98. The zero-order valence-corrected chi connectivity index (χ0v) is 12.5. The Bertz CT molecular complexity index is 579. The van der Waals surface area contributed by atoms with Crippen LogP contribution in [-0.2, 0) is 4.79 Å². The topological polar surface area (TPSA) is 85.2 Å². The molecule has 22 heavy (non-hydrogen) atoms. The van der Waals surface area contributed by atoms with E-state index in [-0.39, 0.29) is 31.0 Å². The number of fused-ring (bicyclic) bond motifs is 2. The summed E-state index contributed by atoms with van der Waals surface area (Å²) in [4.78, 5) is 12.1. The largest absolute Gasteiger partial charge is 0.396 e. The van der Waals surface area contributed by atoms with Gasteiger partial charge in [0.2, 0.25) is 5.91 Å². The average molecular weight is 299 g/mol. The summed E-state index contributed by atoms with van der Waals surface area (Å²) >= 11 is 0. The molecule has 0 spiro atoms. The highest BCUT2D eigenvalue weighted by Gasteiger charge is 2.47. The molecule has 0 saturated heterocycles. The van der Waals surface area contributed by atoms with E-state index in [9.17, 15) is 9.90 Å². The monoisotopic (exact) mass is 299 g/mol. The molecule has 2 bridgehead atoms. The molecular weight excluding hydrogens is 278 g/mol. The van der Waals surface area contributed by atoms with E-state index < -0.39 is 0 Å². The van der Waals surface area contributed by atoms with Crippen molar-refractivity contribution in [3.05, 3.63) is 29.8 Å². The van der Waals surface area contributed by atoms with Crippen molar-refractivity contribution in [1.29, 1.82) is 5.26 Å². The lowest BCUT2D eigenvalue weighted by atomic mass is 9.85. The highest BCUT2D eigenvalue weighted by atomic mass is 16.3. The molecule has 0 aromatic heterocycles. The molecule has 0 heterocycles. The third-order valence-corrected chi connectivity index (χ3v) is 5.09. The summed E-state index contributed by atoms with van der Waals surface area (Å²) < 4.78 is 0. The van der Waals surface area contributed by atoms with Crippen molar-refractivity contribution < 1.29 is 9.90 Å². The number of rotatable bonds is 5. The van der Waals surface area contributed by atoms with Crippen molar-refractivity contribution in [2.45, 2.75) is 25.3 Å².